The standard InChI is InChI=1S/C13H20N2O3S.ClH/c1-14-8-13(17)15-4-5-18-9-10(15)7-11(16)12-3-2-6-19-12;/h2-3,6,10-11,14,16H,4-5,7-9H2,1H3;1H. The lowest BCUT2D eigenvalue weighted by molar-refractivity contribution is -0.140. The number of halogens is 1. The first kappa shape index (κ1) is 17.4. The number of carbonyl (C=O) groups excluding carboxylic acids is 1. The van der Waals surface area contributed by atoms with Crippen LogP contribution in [0, 0.1) is 0 Å². The Morgan fingerprint density at radius 3 is 3.15 bits per heavy atom. The second-order valence-corrected chi connectivity index (χ2v) is 5.59. The Morgan fingerprint density at radius 2 is 2.50 bits per heavy atom. The van der Waals surface area contributed by atoms with Gasteiger partial charge in [0, 0.05) is 17.8 Å². The predicted octanol–water partition coefficient (Wildman–Crippen LogP) is 1.04. The Balaban J connectivity index is 0.00000200. The molecule has 0 aliphatic carbocycles. The summed E-state index contributed by atoms with van der Waals surface area (Å²) >= 11 is 1.53. The van der Waals surface area contributed by atoms with Gasteiger partial charge in [0.15, 0.2) is 0 Å². The van der Waals surface area contributed by atoms with Gasteiger partial charge in [0.2, 0.25) is 5.91 Å². The minimum Gasteiger partial charge on any atom is -0.387 e. The van der Waals surface area contributed by atoms with Crippen molar-refractivity contribution >= 4 is 29.7 Å². The minimum atomic E-state index is -0.531. The van der Waals surface area contributed by atoms with Gasteiger partial charge in [-0.15, -0.1) is 23.7 Å². The van der Waals surface area contributed by atoms with Gasteiger partial charge in [0.05, 0.1) is 31.9 Å². The SMILES string of the molecule is CNCC(=O)N1CCOCC1CC(O)c1cccs1.Cl. The zero-order chi connectivity index (χ0) is 13.7. The summed E-state index contributed by atoms with van der Waals surface area (Å²) in [6, 6.07) is 3.79. The van der Waals surface area contributed by atoms with Crippen molar-refractivity contribution in [1.29, 1.82) is 0 Å². The van der Waals surface area contributed by atoms with E-state index in [1.807, 2.05) is 22.4 Å². The van der Waals surface area contributed by atoms with Gasteiger partial charge in [-0.1, -0.05) is 6.07 Å². The summed E-state index contributed by atoms with van der Waals surface area (Å²) in [4.78, 5) is 14.8. The smallest absolute Gasteiger partial charge is 0.236 e. The van der Waals surface area contributed by atoms with Crippen LogP contribution in [0.3, 0.4) is 0 Å². The molecular weight excluding hydrogens is 300 g/mol. The molecule has 2 atom stereocenters. The number of rotatable bonds is 5. The summed E-state index contributed by atoms with van der Waals surface area (Å²) < 4.78 is 5.44. The maximum atomic E-state index is 12.0. The molecule has 2 unspecified atom stereocenters. The Hall–Kier alpha value is -0.660. The molecule has 1 fully saturated rings. The van der Waals surface area contributed by atoms with Crippen LogP contribution in [0.25, 0.3) is 0 Å². The van der Waals surface area contributed by atoms with Crippen LogP contribution in [0.1, 0.15) is 17.4 Å². The van der Waals surface area contributed by atoms with E-state index < -0.39 is 6.10 Å². The van der Waals surface area contributed by atoms with Crippen molar-refractivity contribution < 1.29 is 14.6 Å². The predicted molar refractivity (Wildman–Crippen MR) is 81.4 cm³/mol. The van der Waals surface area contributed by atoms with E-state index in [1.165, 1.54) is 11.3 Å². The van der Waals surface area contributed by atoms with Crippen LogP contribution in [0.15, 0.2) is 17.5 Å². The van der Waals surface area contributed by atoms with Gasteiger partial charge in [-0.3, -0.25) is 4.79 Å². The fraction of sp³-hybridized carbons (Fsp3) is 0.615. The topological polar surface area (TPSA) is 61.8 Å². The number of thiophene rings is 1. The maximum Gasteiger partial charge on any atom is 0.236 e. The molecule has 5 nitrogen and oxygen atoms in total. The van der Waals surface area contributed by atoms with Crippen LogP contribution in [0.5, 0.6) is 0 Å². The molecule has 1 saturated heterocycles. The molecule has 1 aliphatic rings. The molecule has 1 amide bonds. The fourth-order valence-electron chi connectivity index (χ4n) is 2.29. The molecule has 0 spiro atoms. The van der Waals surface area contributed by atoms with Crippen LogP contribution in [0.4, 0.5) is 0 Å². The van der Waals surface area contributed by atoms with E-state index in [1.54, 1.807) is 7.05 Å². The van der Waals surface area contributed by atoms with Gasteiger partial charge in [-0.05, 0) is 18.5 Å². The van der Waals surface area contributed by atoms with Gasteiger partial charge < -0.3 is 20.1 Å². The third kappa shape index (κ3) is 4.43. The number of aliphatic hydroxyl groups is 1. The average Bonchev–Trinajstić information content (AvgIpc) is 2.93. The third-order valence-electron chi connectivity index (χ3n) is 3.24. The number of likely N-dealkylation sites (N-methyl/N-ethyl adjacent to an activating group) is 1. The van der Waals surface area contributed by atoms with E-state index in [0.29, 0.717) is 32.7 Å². The van der Waals surface area contributed by atoms with Gasteiger partial charge in [-0.2, -0.15) is 0 Å². The van der Waals surface area contributed by atoms with Crippen molar-refractivity contribution in [2.75, 3.05) is 33.4 Å². The summed E-state index contributed by atoms with van der Waals surface area (Å²) in [5.41, 5.74) is 0. The summed E-state index contributed by atoms with van der Waals surface area (Å²) in [5.74, 6) is 0.0641. The number of aliphatic hydroxyl groups excluding tert-OH is 1. The van der Waals surface area contributed by atoms with Crippen LogP contribution in [0.2, 0.25) is 0 Å². The molecule has 2 N–H and O–H groups in total. The lowest BCUT2D eigenvalue weighted by Gasteiger charge is -2.36. The van der Waals surface area contributed by atoms with E-state index in [9.17, 15) is 9.90 Å². The largest absolute Gasteiger partial charge is 0.387 e. The molecule has 7 heteroatoms. The van der Waals surface area contributed by atoms with E-state index in [0.717, 1.165) is 4.88 Å². The van der Waals surface area contributed by atoms with Crippen molar-refractivity contribution in [3.8, 4) is 0 Å². The Labute approximate surface area is 129 Å². The number of morpholine rings is 1. The molecule has 1 aromatic heterocycles. The van der Waals surface area contributed by atoms with Crippen molar-refractivity contribution in [1.82, 2.24) is 10.2 Å². The molecule has 20 heavy (non-hydrogen) atoms. The zero-order valence-corrected chi connectivity index (χ0v) is 13.1. The number of hydrogen-bond donors (Lipinski definition) is 2. The van der Waals surface area contributed by atoms with Crippen molar-refractivity contribution in [3.63, 3.8) is 0 Å². The Bertz CT molecular complexity index is 402. The van der Waals surface area contributed by atoms with E-state index in [-0.39, 0.29) is 24.4 Å². The first-order chi connectivity index (χ1) is 9.22. The highest BCUT2D eigenvalue weighted by Crippen LogP contribution is 2.25. The van der Waals surface area contributed by atoms with Gasteiger partial charge in [0.1, 0.15) is 0 Å². The highest BCUT2D eigenvalue weighted by molar-refractivity contribution is 7.10. The number of hydrogen-bond acceptors (Lipinski definition) is 5. The normalized spacial score (nSPS) is 20.3. The first-order valence-electron chi connectivity index (χ1n) is 6.45. The molecule has 0 aromatic carbocycles. The zero-order valence-electron chi connectivity index (χ0n) is 11.4. The molecule has 2 rings (SSSR count). The third-order valence-corrected chi connectivity index (χ3v) is 4.22. The molecule has 1 aliphatic heterocycles. The van der Waals surface area contributed by atoms with Gasteiger partial charge in [0.25, 0.3) is 0 Å². The van der Waals surface area contributed by atoms with Gasteiger partial charge in [-0.25, -0.2) is 0 Å². The monoisotopic (exact) mass is 320 g/mol. The molecule has 2 heterocycles. The van der Waals surface area contributed by atoms with Crippen molar-refractivity contribution in [3.05, 3.63) is 22.4 Å². The lowest BCUT2D eigenvalue weighted by atomic mass is 10.1. The van der Waals surface area contributed by atoms with Crippen LogP contribution >= 0.6 is 23.7 Å². The number of amides is 1. The number of carbonyl (C=O) groups is 1. The number of nitrogens with zero attached hydrogens (tertiary/aromatic N) is 1. The molecule has 0 saturated carbocycles. The first-order valence-corrected chi connectivity index (χ1v) is 7.33. The number of ether oxygens (including phenoxy) is 1. The quantitative estimate of drug-likeness (QED) is 0.851. The summed E-state index contributed by atoms with van der Waals surface area (Å²) in [6.07, 6.45) is -0.00716. The van der Waals surface area contributed by atoms with E-state index in [2.05, 4.69) is 5.32 Å². The van der Waals surface area contributed by atoms with Crippen LogP contribution in [-0.4, -0.2) is 55.3 Å². The highest BCUT2D eigenvalue weighted by Gasteiger charge is 2.29. The Kier molecular flexibility index (Phi) is 7.47. The minimum absolute atomic E-state index is 0. The van der Waals surface area contributed by atoms with Crippen molar-refractivity contribution in [2.45, 2.75) is 18.6 Å². The fourth-order valence-corrected chi connectivity index (χ4v) is 3.01. The van der Waals surface area contributed by atoms with E-state index >= 15 is 0 Å². The molecule has 0 bridgehead atoms. The van der Waals surface area contributed by atoms with Crippen LogP contribution in [-0.2, 0) is 9.53 Å². The molecular formula is C13H21ClN2O3S. The average molecular weight is 321 g/mol. The summed E-state index contributed by atoms with van der Waals surface area (Å²) in [7, 11) is 1.76. The molecule has 0 radical (unpaired) electrons. The Morgan fingerprint density at radius 1 is 1.70 bits per heavy atom. The van der Waals surface area contributed by atoms with E-state index in [4.69, 9.17) is 4.74 Å². The second kappa shape index (κ2) is 8.59. The summed E-state index contributed by atoms with van der Waals surface area (Å²) in [6.45, 7) is 1.99. The lowest BCUT2D eigenvalue weighted by Crippen LogP contribution is -2.51. The van der Waals surface area contributed by atoms with Crippen molar-refractivity contribution in [2.24, 2.45) is 0 Å². The summed E-state index contributed by atoms with van der Waals surface area (Å²) in [5, 5.41) is 15.0. The maximum absolute atomic E-state index is 12.0. The van der Waals surface area contributed by atoms with Gasteiger partial charge >= 0.3 is 0 Å². The molecule has 1 aromatic rings. The van der Waals surface area contributed by atoms with Crippen LogP contribution < -0.4 is 5.32 Å². The molecule has 114 valence electrons. The highest BCUT2D eigenvalue weighted by atomic mass is 35.5. The second-order valence-electron chi connectivity index (χ2n) is 4.61. The number of nitrogens with one attached hydrogen (secondary N) is 1.